The minimum atomic E-state index is -3.70. The van der Waals surface area contributed by atoms with E-state index in [0.29, 0.717) is 16.7 Å². The van der Waals surface area contributed by atoms with Crippen LogP contribution in [0.3, 0.4) is 0 Å². The molecule has 8 heteroatoms. The lowest BCUT2D eigenvalue weighted by atomic mass is 10.3. The molecule has 3 aromatic rings. The fraction of sp³-hybridized carbons (Fsp3) is 0.133. The van der Waals surface area contributed by atoms with Crippen LogP contribution in [0.5, 0.6) is 0 Å². The number of halogens is 1. The number of aryl methyl sites for hydroxylation is 1. The molecule has 2 aromatic carbocycles. The van der Waals surface area contributed by atoms with Gasteiger partial charge in [-0.2, -0.15) is 0 Å². The molecule has 0 amide bonds. The van der Waals surface area contributed by atoms with Crippen molar-refractivity contribution >= 4 is 53.2 Å². The van der Waals surface area contributed by atoms with Crippen molar-refractivity contribution < 1.29 is 8.42 Å². The first-order valence-electron chi connectivity index (χ1n) is 6.83. The molecular weight excluding hydrogens is 400 g/mol. The summed E-state index contributed by atoms with van der Waals surface area (Å²) < 4.78 is 30.4. The minimum Gasteiger partial charge on any atom is -0.299 e. The molecule has 0 aliphatic heterocycles. The zero-order valence-corrected chi connectivity index (χ0v) is 15.3. The van der Waals surface area contributed by atoms with Gasteiger partial charge in [0.25, 0.3) is 10.0 Å². The van der Waals surface area contributed by atoms with Crippen molar-refractivity contribution in [2.75, 3.05) is 4.72 Å². The van der Waals surface area contributed by atoms with Crippen molar-refractivity contribution in [1.29, 1.82) is 0 Å². The summed E-state index contributed by atoms with van der Waals surface area (Å²) in [6.07, 6.45) is 0. The lowest BCUT2D eigenvalue weighted by Crippen LogP contribution is -2.13. The van der Waals surface area contributed by atoms with Gasteiger partial charge in [-0.15, -0.1) is 0 Å². The van der Waals surface area contributed by atoms with Crippen molar-refractivity contribution in [2.45, 2.75) is 18.4 Å². The molecule has 3 rings (SSSR count). The van der Waals surface area contributed by atoms with E-state index in [2.05, 4.69) is 20.7 Å². The van der Waals surface area contributed by atoms with Crippen LogP contribution in [0.25, 0.3) is 10.2 Å². The van der Waals surface area contributed by atoms with E-state index in [9.17, 15) is 13.2 Å². The monoisotopic (exact) mass is 412 g/mol. The molecule has 0 radical (unpaired) electrons. The molecule has 23 heavy (non-hydrogen) atoms. The number of hydrogen-bond acceptors (Lipinski definition) is 4. The summed E-state index contributed by atoms with van der Waals surface area (Å²) in [6.45, 7) is 2.48. The predicted molar refractivity (Wildman–Crippen MR) is 96.7 cm³/mol. The summed E-state index contributed by atoms with van der Waals surface area (Å²) >= 11 is 4.35. The summed E-state index contributed by atoms with van der Waals surface area (Å²) in [5, 5.41) is 0. The van der Waals surface area contributed by atoms with Crippen LogP contribution in [0.15, 0.2) is 56.6 Å². The average Bonchev–Trinajstić information content (AvgIpc) is 2.81. The fourth-order valence-corrected chi connectivity index (χ4v) is 5.35. The maximum Gasteiger partial charge on any atom is 0.308 e. The molecule has 0 saturated heterocycles. The molecular formula is C15H13BrN2O3S2. The van der Waals surface area contributed by atoms with Crippen molar-refractivity contribution in [1.82, 2.24) is 4.57 Å². The normalized spacial score (nSPS) is 11.7. The van der Waals surface area contributed by atoms with E-state index in [4.69, 9.17) is 0 Å². The minimum absolute atomic E-state index is 0.0479. The number of sulfonamides is 1. The van der Waals surface area contributed by atoms with E-state index in [1.807, 2.05) is 6.92 Å². The Morgan fingerprint density at radius 3 is 2.65 bits per heavy atom. The van der Waals surface area contributed by atoms with Crippen LogP contribution in [-0.2, 0) is 16.6 Å². The van der Waals surface area contributed by atoms with Gasteiger partial charge < -0.3 is 0 Å². The van der Waals surface area contributed by atoms with Gasteiger partial charge in [0, 0.05) is 11.0 Å². The Balaban J connectivity index is 2.02. The van der Waals surface area contributed by atoms with Crippen LogP contribution < -0.4 is 9.60 Å². The second-order valence-electron chi connectivity index (χ2n) is 4.83. The highest BCUT2D eigenvalue weighted by atomic mass is 79.9. The van der Waals surface area contributed by atoms with Gasteiger partial charge in [0.05, 0.1) is 15.9 Å². The number of hydrogen-bond donors (Lipinski definition) is 1. The zero-order chi connectivity index (χ0) is 16.6. The second kappa shape index (κ2) is 6.10. The highest BCUT2D eigenvalue weighted by Gasteiger charge is 2.17. The standard InChI is InChI=1S/C15H13BrN2O3S2/c1-2-18-12-8-7-10(9-13(12)22-15(18)19)17-23(20,21)14-6-4-3-5-11(14)16/h3-9,17H,2H2,1H3. The number of aromatic nitrogens is 1. The first-order chi connectivity index (χ1) is 10.9. The van der Waals surface area contributed by atoms with Gasteiger partial charge in [-0.1, -0.05) is 23.5 Å². The van der Waals surface area contributed by atoms with E-state index >= 15 is 0 Å². The topological polar surface area (TPSA) is 68.2 Å². The van der Waals surface area contributed by atoms with Crippen molar-refractivity contribution in [3.05, 3.63) is 56.6 Å². The van der Waals surface area contributed by atoms with Gasteiger partial charge >= 0.3 is 4.87 Å². The number of anilines is 1. The molecule has 1 aromatic heterocycles. The molecule has 120 valence electrons. The number of fused-ring (bicyclic) bond motifs is 1. The Hall–Kier alpha value is -1.64. The van der Waals surface area contributed by atoms with Crippen LogP contribution >= 0.6 is 27.3 Å². The Morgan fingerprint density at radius 2 is 1.96 bits per heavy atom. The van der Waals surface area contributed by atoms with Crippen LogP contribution in [-0.4, -0.2) is 13.0 Å². The van der Waals surface area contributed by atoms with E-state index in [0.717, 1.165) is 21.6 Å². The quantitative estimate of drug-likeness (QED) is 0.710. The molecule has 0 atom stereocenters. The Labute approximate surface area is 145 Å². The van der Waals surface area contributed by atoms with Crippen LogP contribution in [0.1, 0.15) is 6.92 Å². The Morgan fingerprint density at radius 1 is 1.22 bits per heavy atom. The predicted octanol–water partition coefficient (Wildman–Crippen LogP) is 3.65. The van der Waals surface area contributed by atoms with Crippen LogP contribution in [0.2, 0.25) is 0 Å². The largest absolute Gasteiger partial charge is 0.308 e. The molecule has 0 aliphatic carbocycles. The van der Waals surface area contributed by atoms with Gasteiger partial charge in [-0.3, -0.25) is 14.1 Å². The van der Waals surface area contributed by atoms with Gasteiger partial charge in [0.15, 0.2) is 0 Å². The molecule has 0 bridgehead atoms. The Bertz CT molecular complexity index is 1040. The molecule has 0 spiro atoms. The molecule has 0 aliphatic rings. The van der Waals surface area contributed by atoms with Gasteiger partial charge in [0.1, 0.15) is 4.90 Å². The summed E-state index contributed by atoms with van der Waals surface area (Å²) in [5.74, 6) is 0. The number of thiazole rings is 1. The van der Waals surface area contributed by atoms with E-state index < -0.39 is 10.0 Å². The molecule has 0 saturated carbocycles. The zero-order valence-electron chi connectivity index (χ0n) is 12.1. The first kappa shape index (κ1) is 16.2. The number of benzene rings is 2. The third kappa shape index (κ3) is 3.06. The summed E-state index contributed by atoms with van der Waals surface area (Å²) in [7, 11) is -3.70. The maximum atomic E-state index is 12.5. The number of rotatable bonds is 4. The van der Waals surface area contributed by atoms with E-state index in [1.165, 1.54) is 6.07 Å². The summed E-state index contributed by atoms with van der Waals surface area (Å²) in [5.41, 5.74) is 1.24. The third-order valence-corrected chi connectivity index (χ3v) is 6.70. The molecule has 5 nitrogen and oxygen atoms in total. The Kier molecular flexibility index (Phi) is 4.31. The number of nitrogens with one attached hydrogen (secondary N) is 1. The molecule has 1 N–H and O–H groups in total. The fourth-order valence-electron chi connectivity index (χ4n) is 2.30. The summed E-state index contributed by atoms with van der Waals surface area (Å²) in [4.78, 5) is 12.0. The maximum absolute atomic E-state index is 12.5. The summed E-state index contributed by atoms with van der Waals surface area (Å²) in [6, 6.07) is 11.7. The lowest BCUT2D eigenvalue weighted by molar-refractivity contribution is 0.601. The van der Waals surface area contributed by atoms with E-state index in [1.54, 1.807) is 41.0 Å². The highest BCUT2D eigenvalue weighted by Crippen LogP contribution is 2.26. The smallest absolute Gasteiger partial charge is 0.299 e. The molecule has 0 unspecified atom stereocenters. The van der Waals surface area contributed by atoms with Crippen molar-refractivity contribution in [3.8, 4) is 0 Å². The lowest BCUT2D eigenvalue weighted by Gasteiger charge is -2.09. The highest BCUT2D eigenvalue weighted by molar-refractivity contribution is 9.10. The van der Waals surface area contributed by atoms with Crippen LogP contribution in [0.4, 0.5) is 5.69 Å². The van der Waals surface area contributed by atoms with Crippen molar-refractivity contribution in [3.63, 3.8) is 0 Å². The van der Waals surface area contributed by atoms with Gasteiger partial charge in [0.2, 0.25) is 0 Å². The third-order valence-electron chi connectivity index (χ3n) is 3.36. The molecule has 1 heterocycles. The first-order valence-corrected chi connectivity index (χ1v) is 9.92. The second-order valence-corrected chi connectivity index (χ2v) is 8.33. The number of nitrogens with zero attached hydrogens (tertiary/aromatic N) is 1. The SMILES string of the molecule is CCn1c(=O)sc2cc(NS(=O)(=O)c3ccccc3Br)ccc21. The molecule has 0 fully saturated rings. The average molecular weight is 413 g/mol. The van der Waals surface area contributed by atoms with Gasteiger partial charge in [-0.05, 0) is 53.2 Å². The van der Waals surface area contributed by atoms with E-state index in [-0.39, 0.29) is 9.77 Å². The van der Waals surface area contributed by atoms with Crippen molar-refractivity contribution in [2.24, 2.45) is 0 Å². The van der Waals surface area contributed by atoms with Crippen LogP contribution in [0, 0.1) is 0 Å². The van der Waals surface area contributed by atoms with Gasteiger partial charge in [-0.25, -0.2) is 8.42 Å².